The molecule has 35 heteroatoms. The van der Waals surface area contributed by atoms with E-state index >= 15 is 9.59 Å². The first-order valence-electron chi connectivity index (χ1n) is 35.3. The molecule has 3 saturated heterocycles. The molecule has 0 radical (unpaired) electrons. The number of guanidine groups is 3. The van der Waals surface area contributed by atoms with Crippen LogP contribution in [0.15, 0.2) is 86.0 Å². The number of carboxylic acids is 1. The Morgan fingerprint density at radius 3 is 1.89 bits per heavy atom. The third-order valence-corrected chi connectivity index (χ3v) is 20.8. The van der Waals surface area contributed by atoms with Crippen LogP contribution in [0.5, 0.6) is 0 Å². The number of para-hydroxylation sites is 1. The Balaban J connectivity index is 0.855. The van der Waals surface area contributed by atoms with Crippen LogP contribution in [0.3, 0.4) is 0 Å². The molecule has 21 N–H and O–H groups in total. The zero-order chi connectivity index (χ0) is 74.7. The molecule has 562 valence electrons. The first-order chi connectivity index (χ1) is 49.9. The van der Waals surface area contributed by atoms with Crippen LogP contribution in [0.2, 0.25) is 0 Å². The second-order valence-electron chi connectivity index (χ2n) is 27.1. The molecular formula is C69H96N20O14S. The largest absolute Gasteiger partial charge is 0.480 e. The Morgan fingerprint density at radius 2 is 1.22 bits per heavy atom. The fraction of sp³-hybridized carbons (Fsp3) is 0.551. The van der Waals surface area contributed by atoms with Crippen molar-refractivity contribution in [2.24, 2.45) is 60.3 Å². The number of fused-ring (bicyclic) bond motifs is 3. The van der Waals surface area contributed by atoms with Gasteiger partial charge in [0.15, 0.2) is 17.9 Å². The van der Waals surface area contributed by atoms with Crippen molar-refractivity contribution in [2.75, 3.05) is 45.9 Å². The van der Waals surface area contributed by atoms with Gasteiger partial charge in [-0.15, -0.1) is 11.3 Å². The normalized spacial score (nSPS) is 22.2. The fourth-order valence-corrected chi connectivity index (χ4v) is 15.5. The number of benzene rings is 2. The summed E-state index contributed by atoms with van der Waals surface area (Å²) in [5.74, 6) is -9.51. The smallest absolute Gasteiger partial charge is 0.326 e. The minimum Gasteiger partial charge on any atom is -0.480 e. The summed E-state index contributed by atoms with van der Waals surface area (Å²) in [7, 11) is 0. The molecule has 13 atom stereocenters. The lowest BCUT2D eigenvalue weighted by Gasteiger charge is -2.42. The lowest BCUT2D eigenvalue weighted by atomic mass is 9.84. The van der Waals surface area contributed by atoms with E-state index in [1.54, 1.807) is 41.9 Å². The highest BCUT2D eigenvalue weighted by molar-refractivity contribution is 7.09. The van der Waals surface area contributed by atoms with Gasteiger partial charge in [-0.25, -0.2) is 4.79 Å². The van der Waals surface area contributed by atoms with Crippen molar-refractivity contribution in [1.29, 1.82) is 0 Å². The van der Waals surface area contributed by atoms with Crippen molar-refractivity contribution in [3.63, 3.8) is 0 Å². The molecule has 4 fully saturated rings. The Hall–Kier alpha value is -10.3. The number of carboxylic acid groups (broad SMARTS) is 1. The minimum absolute atomic E-state index is 0.000729. The standard InChI is InChI=1S/C69H96N20O14S/c70-67(71)76-23-7-18-46(81-56(92)30-41-33-79-45-17-5-4-16-44(41)45)58(94)83-47(19-8-24-77-68(72)73)62(98)86-26-10-22-52(86)64(100)88-36-42(91)31-53(88)60(96)80-34-57(93)82-49(32-43-15-11-27-104-43)59(95)85-50(37-90)63(99)87-35-40-14-2-1-12-38(40)28-55(87)65(101)89-51-21-6-3-13-39(51)29-54(89)61(97)84-48(66(102)103)20-9-25-78-69(74)75/h1-2,4-5,11-12,14-17,27,33,39,41-42,46-55,90-91H,3,6-10,13,18-26,28-32,34-37H2,(H,80,96)(H,81,92)(H,82,93)(H,83,94)(H,84,97)(H,85,95)(H,102,103)(H4,70,71,76)(H4,72,73,77)(H4,74,75,78)/t39-,41?,42+,46+,47-,48-,49-,50-,51-,52-,53-,54-,55+/m0/s1. The summed E-state index contributed by atoms with van der Waals surface area (Å²) in [6.45, 7) is -1.76. The van der Waals surface area contributed by atoms with Gasteiger partial charge in [-0.2, -0.15) is 0 Å². The first kappa shape index (κ1) is 77.9. The summed E-state index contributed by atoms with van der Waals surface area (Å²) in [6, 6.07) is 5.81. The summed E-state index contributed by atoms with van der Waals surface area (Å²) in [4.78, 5) is 180. The Bertz CT molecular complexity index is 3730. The number of likely N-dealkylation sites (tertiary alicyclic amines) is 3. The van der Waals surface area contributed by atoms with Crippen LogP contribution in [0, 0.1) is 5.92 Å². The van der Waals surface area contributed by atoms with E-state index in [2.05, 4.69) is 51.9 Å². The van der Waals surface area contributed by atoms with Gasteiger partial charge in [0.05, 0.1) is 24.9 Å². The van der Waals surface area contributed by atoms with Crippen LogP contribution in [-0.4, -0.2) is 236 Å². The number of hydrogen-bond donors (Lipinski definition) is 15. The molecule has 1 unspecified atom stereocenters. The van der Waals surface area contributed by atoms with E-state index in [0.717, 1.165) is 34.6 Å². The highest BCUT2D eigenvalue weighted by atomic mass is 32.1. The third kappa shape index (κ3) is 20.3. The summed E-state index contributed by atoms with van der Waals surface area (Å²) in [5.41, 5.74) is 36.2. The third-order valence-electron chi connectivity index (χ3n) is 19.9. The molecular weight excluding hydrogens is 1360 g/mol. The summed E-state index contributed by atoms with van der Waals surface area (Å²) < 4.78 is 0. The maximum atomic E-state index is 15.4. The number of β-amino-alcohol motifs (C(OH)–C–C–N with tert-alkyl or cyclic N) is 1. The number of amides is 10. The zero-order valence-corrected chi connectivity index (χ0v) is 58.7. The highest BCUT2D eigenvalue weighted by Gasteiger charge is 2.52. The van der Waals surface area contributed by atoms with Gasteiger partial charge in [0.1, 0.15) is 54.4 Å². The molecule has 10 amide bonds. The van der Waals surface area contributed by atoms with E-state index in [1.807, 2.05) is 30.3 Å². The van der Waals surface area contributed by atoms with Gasteiger partial charge in [0.25, 0.3) is 0 Å². The van der Waals surface area contributed by atoms with Gasteiger partial charge < -0.3 is 101 Å². The number of carbonyl (C=O) groups is 11. The number of carbonyl (C=O) groups excluding carboxylic acids is 10. The number of thiophene rings is 1. The number of aliphatic imine (C=N–C) groups is 4. The van der Waals surface area contributed by atoms with Crippen molar-refractivity contribution >= 4 is 106 Å². The molecule has 104 heavy (non-hydrogen) atoms. The van der Waals surface area contributed by atoms with Crippen molar-refractivity contribution in [2.45, 2.75) is 188 Å². The van der Waals surface area contributed by atoms with Crippen LogP contribution in [0.1, 0.15) is 124 Å². The number of aliphatic hydroxyl groups is 2. The van der Waals surface area contributed by atoms with E-state index in [9.17, 15) is 58.5 Å². The van der Waals surface area contributed by atoms with Crippen LogP contribution < -0.4 is 66.3 Å². The van der Waals surface area contributed by atoms with Gasteiger partial charge in [-0.1, -0.05) is 61.4 Å². The van der Waals surface area contributed by atoms with Crippen LogP contribution in [-0.2, 0) is 72.1 Å². The molecule has 0 spiro atoms. The van der Waals surface area contributed by atoms with E-state index in [0.29, 0.717) is 29.7 Å². The van der Waals surface area contributed by atoms with Crippen LogP contribution in [0.4, 0.5) is 5.69 Å². The quantitative estimate of drug-likeness (QED) is 0.0164. The lowest BCUT2D eigenvalue weighted by Crippen LogP contribution is -2.63. The van der Waals surface area contributed by atoms with Crippen LogP contribution in [0.25, 0.3) is 0 Å². The Kier molecular flexibility index (Phi) is 27.5. The molecule has 1 aromatic heterocycles. The molecule has 6 aliphatic rings. The topological polar surface area (TPSA) is 539 Å². The van der Waals surface area contributed by atoms with E-state index in [1.165, 1.54) is 26.0 Å². The number of nitrogens with one attached hydrogen (secondary N) is 6. The fourth-order valence-electron chi connectivity index (χ4n) is 14.8. The van der Waals surface area contributed by atoms with Crippen LogP contribution >= 0.6 is 11.3 Å². The summed E-state index contributed by atoms with van der Waals surface area (Å²) in [5, 5.41) is 50.0. The number of nitrogens with zero attached hydrogens (tertiary/aromatic N) is 8. The van der Waals surface area contributed by atoms with Crippen molar-refractivity contribution in [3.05, 3.63) is 87.6 Å². The minimum atomic E-state index is -1.68. The number of hydrogen-bond acceptors (Lipinski definition) is 18. The van der Waals surface area contributed by atoms with Gasteiger partial charge in [-0.05, 0) is 111 Å². The SMILES string of the molecule is NC(N)=NCCC[C@H](NC(=O)[C@@H]1C[C@@H]2CCCC[C@@H]2N1C(=O)[C@H]1Cc2ccccc2CN1C(=O)[C@H](CO)NC(=O)[C@H](Cc1cccs1)NC(=O)CNC(=O)[C@@H]1C[C@@H](O)CN1C(=O)[C@@H]1CCCN1C(=O)[C@H](CCCN=C(N)N)NC(=O)[C@@H](CCCN=C(N)N)NC(=O)CC1C=Nc2ccccc21)C(=O)O. The molecule has 2 aromatic carbocycles. The number of aliphatic carboxylic acids is 1. The molecule has 34 nitrogen and oxygen atoms in total. The maximum absolute atomic E-state index is 15.4. The molecule has 3 aromatic rings. The second kappa shape index (κ2) is 36.7. The van der Waals surface area contributed by atoms with Gasteiger partial charge in [0.2, 0.25) is 59.1 Å². The van der Waals surface area contributed by atoms with E-state index in [-0.39, 0.29) is 146 Å². The van der Waals surface area contributed by atoms with E-state index in [4.69, 9.17) is 34.4 Å². The molecule has 1 aliphatic carbocycles. The number of rotatable bonds is 33. The highest BCUT2D eigenvalue weighted by Crippen LogP contribution is 2.42. The van der Waals surface area contributed by atoms with Gasteiger partial charge in [-0.3, -0.25) is 67.9 Å². The Labute approximate surface area is 605 Å². The van der Waals surface area contributed by atoms with Crippen molar-refractivity contribution in [1.82, 2.24) is 51.5 Å². The van der Waals surface area contributed by atoms with Crippen molar-refractivity contribution in [3.8, 4) is 0 Å². The average molecular weight is 1460 g/mol. The van der Waals surface area contributed by atoms with E-state index < -0.39 is 145 Å². The van der Waals surface area contributed by atoms with Gasteiger partial charge >= 0.3 is 5.97 Å². The molecule has 6 heterocycles. The number of nitrogens with two attached hydrogens (primary N) is 6. The second-order valence-corrected chi connectivity index (χ2v) is 28.1. The molecule has 9 rings (SSSR count). The molecule has 5 aliphatic heterocycles. The average Bonchev–Trinajstić information content (AvgIpc) is 1.54. The van der Waals surface area contributed by atoms with Crippen molar-refractivity contribution < 1.29 is 68.1 Å². The number of aliphatic hydroxyl groups excluding tert-OH is 2. The zero-order valence-electron chi connectivity index (χ0n) is 57.9. The maximum Gasteiger partial charge on any atom is 0.326 e. The Morgan fingerprint density at radius 1 is 0.596 bits per heavy atom. The predicted octanol–water partition coefficient (Wildman–Crippen LogP) is -2.98. The van der Waals surface area contributed by atoms with Gasteiger partial charge in [0, 0.05) is 88.0 Å². The summed E-state index contributed by atoms with van der Waals surface area (Å²) in [6.07, 6.45) is 4.41. The summed E-state index contributed by atoms with van der Waals surface area (Å²) >= 11 is 1.26. The molecule has 0 bridgehead atoms. The lowest BCUT2D eigenvalue weighted by molar-refractivity contribution is -0.153. The predicted molar refractivity (Wildman–Crippen MR) is 383 cm³/mol. The molecule has 1 saturated carbocycles. The first-order valence-corrected chi connectivity index (χ1v) is 36.2. The monoisotopic (exact) mass is 1460 g/mol.